The fraction of sp³-hybridized carbons (Fsp3) is 0.500. The second-order valence-corrected chi connectivity index (χ2v) is 6.27. The van der Waals surface area contributed by atoms with E-state index in [0.717, 1.165) is 0 Å². The van der Waals surface area contributed by atoms with Gasteiger partial charge in [-0.3, -0.25) is 14.9 Å². The lowest BCUT2D eigenvalue weighted by Gasteiger charge is -2.35. The van der Waals surface area contributed by atoms with Crippen molar-refractivity contribution in [3.63, 3.8) is 0 Å². The largest absolute Gasteiger partial charge is 0.481 e. The molecule has 8 heteroatoms. The molecule has 0 radical (unpaired) electrons. The number of hydrogen-bond donors (Lipinski definition) is 2. The van der Waals surface area contributed by atoms with Crippen molar-refractivity contribution in [3.8, 4) is 0 Å². The zero-order valence-electron chi connectivity index (χ0n) is 13.6. The van der Waals surface area contributed by atoms with E-state index >= 15 is 0 Å². The minimum atomic E-state index is -0.911. The maximum atomic E-state index is 12.4. The molecule has 1 aliphatic heterocycles. The number of carbonyl (C=O) groups is 2. The molecule has 1 aromatic rings. The van der Waals surface area contributed by atoms with Crippen LogP contribution in [0.3, 0.4) is 0 Å². The normalized spacial score (nSPS) is 21.8. The molecule has 1 fully saturated rings. The summed E-state index contributed by atoms with van der Waals surface area (Å²) < 4.78 is 0. The Kier molecular flexibility index (Phi) is 5.38. The van der Waals surface area contributed by atoms with Crippen molar-refractivity contribution in [2.45, 2.75) is 26.3 Å². The topological polar surface area (TPSA) is 113 Å². The van der Waals surface area contributed by atoms with Crippen LogP contribution in [0.2, 0.25) is 0 Å². The lowest BCUT2D eigenvalue weighted by atomic mass is 9.91. The molecule has 0 aromatic heterocycles. The maximum absolute atomic E-state index is 12.4. The first-order chi connectivity index (χ1) is 11.3. The quantitative estimate of drug-likeness (QED) is 0.648. The van der Waals surface area contributed by atoms with Gasteiger partial charge in [0.2, 0.25) is 0 Å². The number of hydrogen-bond acceptors (Lipinski definition) is 4. The SMILES string of the molecule is CC1CC(C(=O)O)CN(C(=O)NC(C)c2ccccc2[N+](=O)[O-])C1. The Balaban J connectivity index is 2.09. The maximum Gasteiger partial charge on any atom is 0.317 e. The minimum absolute atomic E-state index is 0.0549. The van der Waals surface area contributed by atoms with E-state index in [-0.39, 0.29) is 18.2 Å². The number of piperidine rings is 1. The molecule has 0 spiro atoms. The summed E-state index contributed by atoms with van der Waals surface area (Å²) in [5.74, 6) is -1.40. The first-order valence-corrected chi connectivity index (χ1v) is 7.81. The second kappa shape index (κ2) is 7.29. The molecular weight excluding hydrogens is 314 g/mol. The molecule has 8 nitrogen and oxygen atoms in total. The van der Waals surface area contributed by atoms with Crippen molar-refractivity contribution in [2.24, 2.45) is 11.8 Å². The number of benzene rings is 1. The number of likely N-dealkylation sites (tertiary alicyclic amines) is 1. The Hall–Kier alpha value is -2.64. The molecule has 1 aliphatic rings. The van der Waals surface area contributed by atoms with Gasteiger partial charge in [0.25, 0.3) is 5.69 Å². The minimum Gasteiger partial charge on any atom is -0.481 e. The number of urea groups is 1. The van der Waals surface area contributed by atoms with Crippen LogP contribution >= 0.6 is 0 Å². The van der Waals surface area contributed by atoms with Gasteiger partial charge in [-0.2, -0.15) is 0 Å². The summed E-state index contributed by atoms with van der Waals surface area (Å²) in [4.78, 5) is 35.7. The van der Waals surface area contributed by atoms with Crippen LogP contribution < -0.4 is 5.32 Å². The third kappa shape index (κ3) is 4.01. The smallest absolute Gasteiger partial charge is 0.317 e. The third-order valence-electron chi connectivity index (χ3n) is 4.24. The molecule has 130 valence electrons. The van der Waals surface area contributed by atoms with Crippen molar-refractivity contribution in [2.75, 3.05) is 13.1 Å². The summed E-state index contributed by atoms with van der Waals surface area (Å²) in [5, 5.41) is 23.0. The molecular formula is C16H21N3O5. The number of nitrogens with zero attached hydrogens (tertiary/aromatic N) is 2. The number of carboxylic acid groups (broad SMARTS) is 1. The predicted molar refractivity (Wildman–Crippen MR) is 86.5 cm³/mol. The summed E-state index contributed by atoms with van der Waals surface area (Å²) in [6.45, 7) is 4.19. The number of carboxylic acids is 1. The highest BCUT2D eigenvalue weighted by atomic mass is 16.6. The van der Waals surface area contributed by atoms with E-state index in [0.29, 0.717) is 18.5 Å². The van der Waals surface area contributed by atoms with Crippen LogP contribution in [0, 0.1) is 22.0 Å². The van der Waals surface area contributed by atoms with Crippen molar-refractivity contribution < 1.29 is 19.6 Å². The van der Waals surface area contributed by atoms with E-state index < -0.39 is 28.9 Å². The lowest BCUT2D eigenvalue weighted by molar-refractivity contribution is -0.385. The number of nitro groups is 1. The van der Waals surface area contributed by atoms with Crippen molar-refractivity contribution in [1.82, 2.24) is 10.2 Å². The molecule has 0 bridgehead atoms. The molecule has 2 N–H and O–H groups in total. The molecule has 3 unspecified atom stereocenters. The van der Waals surface area contributed by atoms with Crippen molar-refractivity contribution in [3.05, 3.63) is 39.9 Å². The number of rotatable bonds is 4. The Labute approximate surface area is 139 Å². The molecule has 1 aromatic carbocycles. The molecule has 3 atom stereocenters. The highest BCUT2D eigenvalue weighted by Crippen LogP contribution is 2.26. The number of aliphatic carboxylic acids is 1. The van der Waals surface area contributed by atoms with Gasteiger partial charge in [0.1, 0.15) is 0 Å². The number of carbonyl (C=O) groups excluding carboxylic acids is 1. The molecule has 1 saturated heterocycles. The summed E-state index contributed by atoms with van der Waals surface area (Å²) in [7, 11) is 0. The molecule has 1 heterocycles. The number of nitrogens with one attached hydrogen (secondary N) is 1. The van der Waals surface area contributed by atoms with Gasteiger partial charge in [-0.1, -0.05) is 25.1 Å². The second-order valence-electron chi connectivity index (χ2n) is 6.27. The molecule has 0 saturated carbocycles. The van der Waals surface area contributed by atoms with Gasteiger partial charge in [0.15, 0.2) is 0 Å². The van der Waals surface area contributed by atoms with Crippen LogP contribution in [0.15, 0.2) is 24.3 Å². The molecule has 0 aliphatic carbocycles. The number of nitro benzene ring substituents is 1. The van der Waals surface area contributed by atoms with Gasteiger partial charge in [-0.25, -0.2) is 4.79 Å². The standard InChI is InChI=1S/C16H21N3O5/c1-10-7-12(15(20)21)9-18(8-10)16(22)17-11(2)13-5-3-4-6-14(13)19(23)24/h3-6,10-12H,7-9H2,1-2H3,(H,17,22)(H,20,21). The summed E-state index contributed by atoms with van der Waals surface area (Å²) >= 11 is 0. The van der Waals surface area contributed by atoms with E-state index in [9.17, 15) is 24.8 Å². The van der Waals surface area contributed by atoms with Gasteiger partial charge >= 0.3 is 12.0 Å². The summed E-state index contributed by atoms with van der Waals surface area (Å²) in [6, 6.07) is 5.27. The van der Waals surface area contributed by atoms with E-state index in [4.69, 9.17) is 0 Å². The van der Waals surface area contributed by atoms with E-state index in [2.05, 4.69) is 5.32 Å². The van der Waals surface area contributed by atoms with Gasteiger partial charge in [-0.05, 0) is 19.3 Å². The van der Waals surface area contributed by atoms with Crippen LogP contribution in [0.4, 0.5) is 10.5 Å². The Morgan fingerprint density at radius 2 is 2.04 bits per heavy atom. The summed E-state index contributed by atoms with van der Waals surface area (Å²) in [5.41, 5.74) is 0.358. The van der Waals surface area contributed by atoms with E-state index in [1.54, 1.807) is 25.1 Å². The zero-order chi connectivity index (χ0) is 17.9. The third-order valence-corrected chi connectivity index (χ3v) is 4.24. The highest BCUT2D eigenvalue weighted by Gasteiger charge is 2.32. The number of amides is 2. The van der Waals surface area contributed by atoms with E-state index in [1.165, 1.54) is 11.0 Å². The predicted octanol–water partition coefficient (Wildman–Crippen LogP) is 2.41. The molecule has 24 heavy (non-hydrogen) atoms. The van der Waals surface area contributed by atoms with Crippen molar-refractivity contribution >= 4 is 17.7 Å². The van der Waals surface area contributed by atoms with Gasteiger partial charge in [0, 0.05) is 19.2 Å². The van der Waals surface area contributed by atoms with Crippen LogP contribution in [0.25, 0.3) is 0 Å². The average Bonchev–Trinajstić information content (AvgIpc) is 2.54. The van der Waals surface area contributed by atoms with Gasteiger partial charge in [-0.15, -0.1) is 0 Å². The van der Waals surface area contributed by atoms with Crippen LogP contribution in [0.1, 0.15) is 31.9 Å². The first kappa shape index (κ1) is 17.7. The molecule has 2 amide bonds. The Morgan fingerprint density at radius 1 is 1.38 bits per heavy atom. The van der Waals surface area contributed by atoms with Gasteiger partial charge in [0.05, 0.1) is 22.4 Å². The Morgan fingerprint density at radius 3 is 2.67 bits per heavy atom. The highest BCUT2D eigenvalue weighted by molar-refractivity contribution is 5.77. The summed E-state index contributed by atoms with van der Waals surface area (Å²) in [6.07, 6.45) is 0.540. The number of para-hydroxylation sites is 1. The molecule has 2 rings (SSSR count). The average molecular weight is 335 g/mol. The first-order valence-electron chi connectivity index (χ1n) is 7.81. The zero-order valence-corrected chi connectivity index (χ0v) is 13.6. The fourth-order valence-electron chi connectivity index (χ4n) is 3.07. The van der Waals surface area contributed by atoms with Gasteiger partial charge < -0.3 is 15.3 Å². The lowest BCUT2D eigenvalue weighted by Crippen LogP contribution is -2.49. The van der Waals surface area contributed by atoms with Crippen LogP contribution in [-0.2, 0) is 4.79 Å². The fourth-order valence-corrected chi connectivity index (χ4v) is 3.07. The van der Waals surface area contributed by atoms with Crippen LogP contribution in [-0.4, -0.2) is 40.0 Å². The van der Waals surface area contributed by atoms with E-state index in [1.807, 2.05) is 6.92 Å². The monoisotopic (exact) mass is 335 g/mol. The van der Waals surface area contributed by atoms with Crippen molar-refractivity contribution in [1.29, 1.82) is 0 Å². The van der Waals surface area contributed by atoms with Crippen LogP contribution in [0.5, 0.6) is 0 Å². The Bertz CT molecular complexity index is 648.